The summed E-state index contributed by atoms with van der Waals surface area (Å²) in [6.07, 6.45) is 2.84. The summed E-state index contributed by atoms with van der Waals surface area (Å²) in [4.78, 5) is 44.1. The van der Waals surface area contributed by atoms with E-state index in [9.17, 15) is 9.59 Å². The molecule has 42 heavy (non-hydrogen) atoms. The summed E-state index contributed by atoms with van der Waals surface area (Å²) < 4.78 is 7.15. The van der Waals surface area contributed by atoms with E-state index in [4.69, 9.17) is 10.5 Å². The highest BCUT2D eigenvalue weighted by molar-refractivity contribution is 5.99. The second-order valence-corrected chi connectivity index (χ2v) is 9.99. The van der Waals surface area contributed by atoms with Crippen LogP contribution in [0.25, 0.3) is 16.9 Å². The Labute approximate surface area is 242 Å². The van der Waals surface area contributed by atoms with Crippen molar-refractivity contribution in [2.75, 3.05) is 73.7 Å². The number of imidazole rings is 1. The first-order valence-corrected chi connectivity index (χ1v) is 13.8. The molecule has 2 aliphatic rings. The van der Waals surface area contributed by atoms with Crippen LogP contribution in [0.5, 0.6) is 0 Å². The number of hydrogen-bond acceptors (Lipinski definition) is 9. The smallest absolute Gasteiger partial charge is 0.320 e. The Morgan fingerprint density at radius 2 is 1.64 bits per heavy atom. The van der Waals surface area contributed by atoms with Crippen molar-refractivity contribution in [3.05, 3.63) is 67.5 Å². The molecule has 13 nitrogen and oxygen atoms in total. The van der Waals surface area contributed by atoms with Gasteiger partial charge in [-0.3, -0.25) is 9.36 Å². The number of aromatic nitrogens is 4. The highest BCUT2D eigenvalue weighted by Crippen LogP contribution is 2.26. The fraction of sp³-hybridized carbons (Fsp3) is 0.276. The fourth-order valence-corrected chi connectivity index (χ4v) is 5.09. The summed E-state index contributed by atoms with van der Waals surface area (Å²) in [5, 5.41) is 6.00. The Kier molecular flexibility index (Phi) is 7.56. The van der Waals surface area contributed by atoms with Crippen molar-refractivity contribution >= 4 is 51.9 Å². The van der Waals surface area contributed by atoms with Crippen LogP contribution in [0.4, 0.5) is 33.6 Å². The highest BCUT2D eigenvalue weighted by atomic mass is 16.5. The van der Waals surface area contributed by atoms with E-state index in [1.54, 1.807) is 17.0 Å². The summed E-state index contributed by atoms with van der Waals surface area (Å²) >= 11 is 0. The Morgan fingerprint density at radius 3 is 2.38 bits per heavy atom. The molecule has 6 rings (SSSR count). The monoisotopic (exact) mass is 568 g/mol. The number of amides is 3. The van der Waals surface area contributed by atoms with Gasteiger partial charge in [0.05, 0.1) is 18.9 Å². The van der Waals surface area contributed by atoms with Gasteiger partial charge in [0.25, 0.3) is 0 Å². The van der Waals surface area contributed by atoms with E-state index in [1.807, 2.05) is 52.3 Å². The molecule has 4 heterocycles. The van der Waals surface area contributed by atoms with Crippen LogP contribution in [0.1, 0.15) is 0 Å². The number of nitrogens with zero attached hydrogens (tertiary/aromatic N) is 7. The summed E-state index contributed by atoms with van der Waals surface area (Å²) in [6.45, 7) is 8.90. The molecule has 0 saturated carbocycles. The highest BCUT2D eigenvalue weighted by Gasteiger charge is 2.26. The molecule has 2 aromatic carbocycles. The van der Waals surface area contributed by atoms with Gasteiger partial charge in [-0.1, -0.05) is 12.6 Å². The summed E-state index contributed by atoms with van der Waals surface area (Å²) in [5.41, 5.74) is 10.5. The molecule has 2 aromatic heterocycles. The molecular formula is C29H32N10O3. The van der Waals surface area contributed by atoms with Crippen molar-refractivity contribution in [1.29, 1.82) is 0 Å². The molecule has 4 aromatic rings. The maximum atomic E-state index is 12.8. The van der Waals surface area contributed by atoms with Crippen molar-refractivity contribution in [2.24, 2.45) is 0 Å². The molecule has 0 radical (unpaired) electrons. The lowest BCUT2D eigenvalue weighted by atomic mass is 10.2. The number of nitrogens with two attached hydrogens (primary N) is 1. The average molecular weight is 569 g/mol. The predicted molar refractivity (Wildman–Crippen MR) is 161 cm³/mol. The second kappa shape index (κ2) is 11.7. The first-order valence-electron chi connectivity index (χ1n) is 13.8. The van der Waals surface area contributed by atoms with Crippen LogP contribution < -0.4 is 21.3 Å². The molecule has 2 aliphatic heterocycles. The molecular weight excluding hydrogens is 536 g/mol. The van der Waals surface area contributed by atoms with Gasteiger partial charge in [-0.15, -0.1) is 0 Å². The lowest BCUT2D eigenvalue weighted by Gasteiger charge is -2.39. The second-order valence-electron chi connectivity index (χ2n) is 9.99. The number of rotatable bonds is 6. The lowest BCUT2D eigenvalue weighted by Crippen LogP contribution is -2.54. The number of hydrogen-bond donors (Lipinski definition) is 3. The van der Waals surface area contributed by atoms with Crippen LogP contribution in [-0.4, -0.2) is 93.7 Å². The van der Waals surface area contributed by atoms with Crippen LogP contribution in [0.15, 0.2) is 67.5 Å². The van der Waals surface area contributed by atoms with Gasteiger partial charge >= 0.3 is 6.03 Å². The van der Waals surface area contributed by atoms with E-state index in [1.165, 1.54) is 6.08 Å². The van der Waals surface area contributed by atoms with Gasteiger partial charge in [0.1, 0.15) is 6.33 Å². The third-order valence-corrected chi connectivity index (χ3v) is 7.32. The zero-order valence-electron chi connectivity index (χ0n) is 23.1. The maximum Gasteiger partial charge on any atom is 0.320 e. The average Bonchev–Trinajstić information content (AvgIpc) is 3.46. The molecule has 0 atom stereocenters. The van der Waals surface area contributed by atoms with Crippen LogP contribution in [0, 0.1) is 0 Å². The third-order valence-electron chi connectivity index (χ3n) is 7.32. The lowest BCUT2D eigenvalue weighted by molar-refractivity contribution is -0.111. The van der Waals surface area contributed by atoms with Crippen molar-refractivity contribution in [2.45, 2.75) is 0 Å². The zero-order chi connectivity index (χ0) is 29.1. The van der Waals surface area contributed by atoms with Crippen molar-refractivity contribution < 1.29 is 14.3 Å². The largest absolute Gasteiger partial charge is 0.382 e. The number of carbonyl (C=O) groups is 2. The number of anilines is 5. The number of benzene rings is 2. The first-order chi connectivity index (χ1) is 20.5. The van der Waals surface area contributed by atoms with E-state index < -0.39 is 0 Å². The Bertz CT molecular complexity index is 1610. The summed E-state index contributed by atoms with van der Waals surface area (Å²) in [5.74, 6) is 0.284. The van der Waals surface area contributed by atoms with Gasteiger partial charge in [0.2, 0.25) is 11.9 Å². The van der Waals surface area contributed by atoms with Gasteiger partial charge in [-0.25, -0.2) is 9.78 Å². The molecule has 3 amide bonds. The minimum Gasteiger partial charge on any atom is -0.382 e. The van der Waals surface area contributed by atoms with E-state index >= 15 is 0 Å². The van der Waals surface area contributed by atoms with Crippen LogP contribution in [0.2, 0.25) is 0 Å². The SMILES string of the molecule is C=CC(=O)Nc1cccc(-n2cnc3c(N)nc(Nc4ccc(N5CCN(C(=O)N6CCOCC6)CC5)cc4)nc32)c1. The Morgan fingerprint density at radius 1 is 0.905 bits per heavy atom. The normalized spacial score (nSPS) is 15.5. The number of nitrogen functional groups attached to an aromatic ring is 1. The standard InChI is InChI=1S/C29H32N10O3/c1-2-24(40)32-21-4-3-5-23(18-21)39-19-31-25-26(30)34-28(35-27(25)39)33-20-6-8-22(9-7-20)36-10-12-37(13-11-36)29(41)38-14-16-42-17-15-38/h2-9,18-19H,1,10-17H2,(H,32,40)(H3,30,33,34,35). The van der Waals surface area contributed by atoms with E-state index in [0.717, 1.165) is 30.2 Å². The number of ether oxygens (including phenoxy) is 1. The van der Waals surface area contributed by atoms with Gasteiger partial charge in [-0.05, 0) is 48.5 Å². The quantitative estimate of drug-likeness (QED) is 0.299. The summed E-state index contributed by atoms with van der Waals surface area (Å²) in [6, 6.07) is 15.4. The molecule has 0 spiro atoms. The molecule has 216 valence electrons. The van der Waals surface area contributed by atoms with Gasteiger partial charge in [0, 0.05) is 56.3 Å². The zero-order valence-corrected chi connectivity index (χ0v) is 23.1. The molecule has 13 heteroatoms. The molecule has 0 unspecified atom stereocenters. The summed E-state index contributed by atoms with van der Waals surface area (Å²) in [7, 11) is 0. The Hall–Kier alpha value is -5.17. The van der Waals surface area contributed by atoms with Crippen molar-refractivity contribution in [3.63, 3.8) is 0 Å². The Balaban J connectivity index is 1.13. The number of piperazine rings is 1. The number of morpholine rings is 1. The van der Waals surface area contributed by atoms with Crippen molar-refractivity contribution in [1.82, 2.24) is 29.3 Å². The van der Waals surface area contributed by atoms with Crippen molar-refractivity contribution in [3.8, 4) is 5.69 Å². The molecule has 0 aliphatic carbocycles. The van der Waals surface area contributed by atoms with Gasteiger partial charge in [-0.2, -0.15) is 9.97 Å². The molecule has 2 saturated heterocycles. The van der Waals surface area contributed by atoms with Gasteiger partial charge in [0.15, 0.2) is 17.0 Å². The molecule has 0 bridgehead atoms. The molecule has 4 N–H and O–H groups in total. The topological polar surface area (TPSA) is 147 Å². The fourth-order valence-electron chi connectivity index (χ4n) is 5.09. The van der Waals surface area contributed by atoms with E-state index in [-0.39, 0.29) is 17.8 Å². The van der Waals surface area contributed by atoms with E-state index in [2.05, 4.69) is 37.1 Å². The van der Waals surface area contributed by atoms with E-state index in [0.29, 0.717) is 62.2 Å². The maximum absolute atomic E-state index is 12.8. The first kappa shape index (κ1) is 27.0. The number of fused-ring (bicyclic) bond motifs is 1. The number of urea groups is 1. The predicted octanol–water partition coefficient (Wildman–Crippen LogP) is 2.84. The van der Waals surface area contributed by atoms with Gasteiger partial charge < -0.3 is 35.8 Å². The molecule has 2 fully saturated rings. The minimum atomic E-state index is -0.298. The van der Waals surface area contributed by atoms with Crippen LogP contribution >= 0.6 is 0 Å². The number of carbonyl (C=O) groups excluding carboxylic acids is 2. The van der Waals surface area contributed by atoms with Crippen LogP contribution in [-0.2, 0) is 9.53 Å². The van der Waals surface area contributed by atoms with Crippen LogP contribution in [0.3, 0.4) is 0 Å². The minimum absolute atomic E-state index is 0.0993. The third kappa shape index (κ3) is 5.67. The number of nitrogens with one attached hydrogen (secondary N) is 2.